The van der Waals surface area contributed by atoms with E-state index in [4.69, 9.17) is 23.2 Å². The zero-order chi connectivity index (χ0) is 21.7. The van der Waals surface area contributed by atoms with Gasteiger partial charge in [-0.2, -0.15) is 0 Å². The van der Waals surface area contributed by atoms with Crippen LogP contribution in [-0.2, 0) is 14.4 Å². The highest BCUT2D eigenvalue weighted by molar-refractivity contribution is 6.35. The molecule has 0 unspecified atom stereocenters. The normalized spacial score (nSPS) is 20.7. The highest BCUT2D eigenvalue weighted by atomic mass is 35.5. The first-order chi connectivity index (χ1) is 14.4. The molecule has 1 atom stereocenters. The summed E-state index contributed by atoms with van der Waals surface area (Å²) in [5, 5.41) is 6.24. The van der Waals surface area contributed by atoms with Crippen molar-refractivity contribution in [3.63, 3.8) is 0 Å². The zero-order valence-electron chi connectivity index (χ0n) is 17.0. The summed E-state index contributed by atoms with van der Waals surface area (Å²) >= 11 is 11.9. The third-order valence-corrected chi connectivity index (χ3v) is 5.88. The Morgan fingerprint density at radius 1 is 1.07 bits per heavy atom. The lowest BCUT2D eigenvalue weighted by Gasteiger charge is -2.38. The Bertz CT molecular complexity index is 778. The third kappa shape index (κ3) is 6.07. The first kappa shape index (κ1) is 22.8. The molecule has 2 saturated heterocycles. The molecule has 30 heavy (non-hydrogen) atoms. The van der Waals surface area contributed by atoms with Crippen LogP contribution in [0.5, 0.6) is 0 Å². The molecule has 2 heterocycles. The van der Waals surface area contributed by atoms with E-state index in [2.05, 4.69) is 27.4 Å². The highest BCUT2D eigenvalue weighted by Crippen LogP contribution is 2.23. The summed E-state index contributed by atoms with van der Waals surface area (Å²) in [6.07, 6.45) is -0.134. The van der Waals surface area contributed by atoms with Crippen molar-refractivity contribution in [2.75, 3.05) is 57.7 Å². The Hall–Kier alpha value is -1.87. The number of nitrogens with zero attached hydrogens (tertiary/aromatic N) is 3. The Kier molecular flexibility index (Phi) is 7.93. The van der Waals surface area contributed by atoms with Crippen molar-refractivity contribution in [1.82, 2.24) is 20.0 Å². The van der Waals surface area contributed by atoms with Gasteiger partial charge in [-0.25, -0.2) is 0 Å². The smallest absolute Gasteiger partial charge is 0.243 e. The molecule has 0 spiro atoms. The molecule has 10 heteroatoms. The summed E-state index contributed by atoms with van der Waals surface area (Å²) in [5.74, 6) is -0.826. The number of carbonyl (C=O) groups excluding carboxylic acids is 3. The van der Waals surface area contributed by atoms with Gasteiger partial charge in [-0.05, 0) is 24.7 Å². The number of rotatable bonds is 6. The molecule has 0 bridgehead atoms. The summed E-state index contributed by atoms with van der Waals surface area (Å²) in [6, 6.07) is 3.88. The van der Waals surface area contributed by atoms with E-state index in [1.54, 1.807) is 18.2 Å². The lowest BCUT2D eigenvalue weighted by Crippen LogP contribution is -2.60. The van der Waals surface area contributed by atoms with E-state index in [1.807, 2.05) is 0 Å². The minimum absolute atomic E-state index is 0.126. The number of likely N-dealkylation sites (N-methyl/N-ethyl adjacent to an activating group) is 1. The van der Waals surface area contributed by atoms with Gasteiger partial charge in [0.1, 0.15) is 6.04 Å². The highest BCUT2D eigenvalue weighted by Gasteiger charge is 2.35. The minimum Gasteiger partial charge on any atom is -0.353 e. The summed E-state index contributed by atoms with van der Waals surface area (Å²) in [7, 11) is 0. The number of carbonyl (C=O) groups is 3. The Morgan fingerprint density at radius 3 is 2.33 bits per heavy atom. The Labute approximate surface area is 186 Å². The van der Waals surface area contributed by atoms with Gasteiger partial charge in [0.2, 0.25) is 17.7 Å². The molecule has 0 aromatic heterocycles. The van der Waals surface area contributed by atoms with Crippen LogP contribution in [0.4, 0.5) is 5.69 Å². The quantitative estimate of drug-likeness (QED) is 0.674. The number of hydrogen-bond donors (Lipinski definition) is 2. The van der Waals surface area contributed by atoms with Crippen molar-refractivity contribution >= 4 is 46.6 Å². The largest absolute Gasteiger partial charge is 0.353 e. The molecule has 2 N–H and O–H groups in total. The van der Waals surface area contributed by atoms with E-state index in [1.165, 1.54) is 4.90 Å². The lowest BCUT2D eigenvalue weighted by atomic mass is 10.1. The van der Waals surface area contributed by atoms with Crippen LogP contribution in [0.3, 0.4) is 0 Å². The third-order valence-electron chi connectivity index (χ3n) is 5.45. The molecule has 2 aliphatic rings. The van der Waals surface area contributed by atoms with E-state index in [-0.39, 0.29) is 30.7 Å². The van der Waals surface area contributed by atoms with E-state index in [0.29, 0.717) is 28.8 Å². The molecular formula is C20H27Cl2N5O3. The van der Waals surface area contributed by atoms with Gasteiger partial charge in [0, 0.05) is 55.0 Å². The predicted molar refractivity (Wildman–Crippen MR) is 117 cm³/mol. The fraction of sp³-hybridized carbons (Fsp3) is 0.550. The number of nitrogens with one attached hydrogen (secondary N) is 2. The number of amides is 3. The topological polar surface area (TPSA) is 85.0 Å². The Morgan fingerprint density at radius 2 is 1.70 bits per heavy atom. The molecule has 2 aliphatic heterocycles. The van der Waals surface area contributed by atoms with Crippen LogP contribution >= 0.6 is 23.2 Å². The number of anilines is 1. The van der Waals surface area contributed by atoms with Gasteiger partial charge < -0.3 is 20.4 Å². The first-order valence-electron chi connectivity index (χ1n) is 10.1. The van der Waals surface area contributed by atoms with Gasteiger partial charge in [0.05, 0.1) is 13.0 Å². The van der Waals surface area contributed by atoms with Crippen LogP contribution in [0.15, 0.2) is 18.2 Å². The minimum atomic E-state index is -0.835. The van der Waals surface area contributed by atoms with Crippen molar-refractivity contribution in [3.05, 3.63) is 28.2 Å². The SMILES string of the molecule is CCN1CCN(CC(=O)N2CCNC(=O)[C@@H]2CC(=O)Nc2cc(Cl)cc(Cl)c2)CC1. The molecule has 1 aromatic rings. The second-order valence-corrected chi connectivity index (χ2v) is 8.39. The van der Waals surface area contributed by atoms with Gasteiger partial charge in [0.25, 0.3) is 0 Å². The molecule has 1 aromatic carbocycles. The van der Waals surface area contributed by atoms with Crippen LogP contribution < -0.4 is 10.6 Å². The zero-order valence-corrected chi connectivity index (χ0v) is 18.5. The standard InChI is InChI=1S/C20H27Cl2N5O3/c1-2-25-5-7-26(8-6-25)13-19(29)27-4-3-23-20(30)17(27)12-18(28)24-16-10-14(21)9-15(22)11-16/h9-11,17H,2-8,12-13H2,1H3,(H,23,30)(H,24,28)/t17-/m0/s1. The van der Waals surface area contributed by atoms with Crippen LogP contribution in [0, 0.1) is 0 Å². The van der Waals surface area contributed by atoms with E-state index in [0.717, 1.165) is 32.7 Å². The van der Waals surface area contributed by atoms with E-state index in [9.17, 15) is 14.4 Å². The second kappa shape index (κ2) is 10.4. The summed E-state index contributed by atoms with van der Waals surface area (Å²) < 4.78 is 0. The fourth-order valence-electron chi connectivity index (χ4n) is 3.78. The van der Waals surface area contributed by atoms with Gasteiger partial charge >= 0.3 is 0 Å². The molecular weight excluding hydrogens is 429 g/mol. The van der Waals surface area contributed by atoms with Crippen LogP contribution in [-0.4, -0.2) is 90.8 Å². The predicted octanol–water partition coefficient (Wildman–Crippen LogP) is 1.29. The van der Waals surface area contributed by atoms with Crippen molar-refractivity contribution in [2.24, 2.45) is 0 Å². The summed E-state index contributed by atoms with van der Waals surface area (Å²) in [4.78, 5) is 43.9. The van der Waals surface area contributed by atoms with E-state index >= 15 is 0 Å². The molecule has 8 nitrogen and oxygen atoms in total. The second-order valence-electron chi connectivity index (χ2n) is 7.51. The molecule has 0 radical (unpaired) electrons. The number of hydrogen-bond acceptors (Lipinski definition) is 5. The van der Waals surface area contributed by atoms with Crippen LogP contribution in [0.1, 0.15) is 13.3 Å². The lowest BCUT2D eigenvalue weighted by molar-refractivity contribution is -0.145. The monoisotopic (exact) mass is 455 g/mol. The summed E-state index contributed by atoms with van der Waals surface area (Å²) in [5.41, 5.74) is 0.445. The average Bonchev–Trinajstić information content (AvgIpc) is 2.69. The maximum absolute atomic E-state index is 12.9. The van der Waals surface area contributed by atoms with Crippen LogP contribution in [0.25, 0.3) is 0 Å². The van der Waals surface area contributed by atoms with Crippen molar-refractivity contribution < 1.29 is 14.4 Å². The van der Waals surface area contributed by atoms with Crippen molar-refractivity contribution in [2.45, 2.75) is 19.4 Å². The van der Waals surface area contributed by atoms with Gasteiger partial charge in [0.15, 0.2) is 0 Å². The average molecular weight is 456 g/mol. The van der Waals surface area contributed by atoms with E-state index < -0.39 is 6.04 Å². The molecule has 3 rings (SSSR count). The molecule has 3 amide bonds. The first-order valence-corrected chi connectivity index (χ1v) is 10.9. The van der Waals surface area contributed by atoms with Gasteiger partial charge in [-0.1, -0.05) is 30.1 Å². The van der Waals surface area contributed by atoms with Crippen molar-refractivity contribution in [1.29, 1.82) is 0 Å². The van der Waals surface area contributed by atoms with Gasteiger partial charge in [-0.3, -0.25) is 19.3 Å². The number of piperazine rings is 2. The number of benzene rings is 1. The molecule has 2 fully saturated rings. The Balaban J connectivity index is 1.60. The fourth-order valence-corrected chi connectivity index (χ4v) is 4.30. The number of halogens is 2. The molecule has 164 valence electrons. The molecule has 0 aliphatic carbocycles. The van der Waals surface area contributed by atoms with Crippen LogP contribution in [0.2, 0.25) is 10.0 Å². The van der Waals surface area contributed by atoms with Gasteiger partial charge in [-0.15, -0.1) is 0 Å². The van der Waals surface area contributed by atoms with Crippen molar-refractivity contribution in [3.8, 4) is 0 Å². The maximum atomic E-state index is 12.9. The molecule has 0 saturated carbocycles. The summed E-state index contributed by atoms with van der Waals surface area (Å²) in [6.45, 7) is 7.66. The maximum Gasteiger partial charge on any atom is 0.243 e.